The molecule has 5 heterocycles. The van der Waals surface area contributed by atoms with Crippen LogP contribution in [0.15, 0.2) is 62.4 Å². The number of halogens is 1. The minimum atomic E-state index is -0.435. The highest BCUT2D eigenvalue weighted by atomic mass is 35.5. The first-order chi connectivity index (χ1) is 16.5. The largest absolute Gasteiger partial charge is 0.389 e. The third-order valence-electron chi connectivity index (χ3n) is 6.68. The summed E-state index contributed by atoms with van der Waals surface area (Å²) in [6.45, 7) is 4.00. The zero-order chi connectivity index (χ0) is 23.4. The lowest BCUT2D eigenvalue weighted by Crippen LogP contribution is -2.40. The topological polar surface area (TPSA) is 103 Å². The standard InChI is InChI=1S/C24H25N7O3.ClH/c1-15-10-18(27-34-15)14-31-22(32)20-21(28(2)24(31)33)26-23(29-9-8-17-11-25-12-19(17)29)30(20)13-16-6-4-3-5-7-16;/h3-7,10,12,17,25H,8-9,11,13-14H2,1-2H3;1H. The number of anilines is 1. The van der Waals surface area contributed by atoms with Crippen molar-refractivity contribution < 1.29 is 4.52 Å². The number of hydrogen-bond acceptors (Lipinski definition) is 7. The molecule has 11 heteroatoms. The molecule has 1 fully saturated rings. The molecule has 4 aromatic rings. The van der Waals surface area contributed by atoms with Crippen LogP contribution in [-0.4, -0.2) is 36.9 Å². The molecule has 1 saturated heterocycles. The van der Waals surface area contributed by atoms with Crippen LogP contribution in [0.3, 0.4) is 0 Å². The van der Waals surface area contributed by atoms with Gasteiger partial charge in [0.05, 0.1) is 13.1 Å². The molecule has 0 spiro atoms. The van der Waals surface area contributed by atoms with Crippen molar-refractivity contribution >= 4 is 29.5 Å². The number of rotatable bonds is 5. The first kappa shape index (κ1) is 23.0. The Bertz CT molecular complexity index is 1550. The van der Waals surface area contributed by atoms with E-state index in [4.69, 9.17) is 9.51 Å². The van der Waals surface area contributed by atoms with Gasteiger partial charge in [0.1, 0.15) is 11.5 Å². The van der Waals surface area contributed by atoms with Crippen molar-refractivity contribution in [1.29, 1.82) is 0 Å². The number of hydrogen-bond donors (Lipinski definition) is 1. The molecule has 182 valence electrons. The lowest BCUT2D eigenvalue weighted by molar-refractivity contribution is 0.388. The second kappa shape index (κ2) is 8.77. The van der Waals surface area contributed by atoms with E-state index < -0.39 is 5.69 Å². The van der Waals surface area contributed by atoms with Gasteiger partial charge >= 0.3 is 5.69 Å². The molecule has 2 aliphatic heterocycles. The van der Waals surface area contributed by atoms with Crippen LogP contribution in [0.2, 0.25) is 0 Å². The van der Waals surface area contributed by atoms with Crippen molar-refractivity contribution in [2.45, 2.75) is 26.4 Å². The molecular formula is C24H26ClN7O3. The Morgan fingerprint density at radius 2 is 1.94 bits per heavy atom. The molecule has 1 atom stereocenters. The number of aryl methyl sites for hydroxylation is 2. The molecule has 3 aromatic heterocycles. The van der Waals surface area contributed by atoms with E-state index in [-0.39, 0.29) is 24.5 Å². The predicted octanol–water partition coefficient (Wildman–Crippen LogP) is 1.98. The molecule has 0 aliphatic carbocycles. The van der Waals surface area contributed by atoms with Gasteiger partial charge in [-0.2, -0.15) is 4.98 Å². The van der Waals surface area contributed by atoms with Crippen LogP contribution in [0.4, 0.5) is 5.95 Å². The van der Waals surface area contributed by atoms with Crippen LogP contribution in [0.25, 0.3) is 11.2 Å². The van der Waals surface area contributed by atoms with Gasteiger partial charge in [0.2, 0.25) is 5.95 Å². The Hall–Kier alpha value is -3.79. The zero-order valence-electron chi connectivity index (χ0n) is 19.5. The van der Waals surface area contributed by atoms with Gasteiger partial charge in [0, 0.05) is 44.0 Å². The molecule has 2 aliphatic rings. The average molecular weight is 496 g/mol. The lowest BCUT2D eigenvalue weighted by atomic mass is 10.1. The second-order valence-corrected chi connectivity index (χ2v) is 8.93. The third-order valence-corrected chi connectivity index (χ3v) is 6.68. The van der Waals surface area contributed by atoms with Crippen LogP contribution >= 0.6 is 12.4 Å². The fraction of sp³-hybridized carbons (Fsp3) is 0.333. The van der Waals surface area contributed by atoms with Crippen molar-refractivity contribution in [3.8, 4) is 0 Å². The van der Waals surface area contributed by atoms with Crippen LogP contribution in [0.1, 0.15) is 23.4 Å². The van der Waals surface area contributed by atoms with Crippen LogP contribution in [0, 0.1) is 12.8 Å². The van der Waals surface area contributed by atoms with Gasteiger partial charge in [0.15, 0.2) is 11.2 Å². The van der Waals surface area contributed by atoms with E-state index in [0.717, 1.165) is 25.1 Å². The number of benzene rings is 1. The summed E-state index contributed by atoms with van der Waals surface area (Å²) in [5, 5.41) is 7.29. The molecule has 0 amide bonds. The first-order valence-corrected chi connectivity index (χ1v) is 11.4. The van der Waals surface area contributed by atoms with E-state index in [1.54, 1.807) is 20.0 Å². The fourth-order valence-corrected chi connectivity index (χ4v) is 4.98. The fourth-order valence-electron chi connectivity index (χ4n) is 4.98. The van der Waals surface area contributed by atoms with Crippen molar-refractivity contribution in [3.63, 3.8) is 0 Å². The van der Waals surface area contributed by atoms with Crippen LogP contribution in [-0.2, 0) is 20.1 Å². The average Bonchev–Trinajstić information content (AvgIpc) is 3.60. The van der Waals surface area contributed by atoms with Crippen molar-refractivity contribution in [2.24, 2.45) is 13.0 Å². The Morgan fingerprint density at radius 1 is 1.14 bits per heavy atom. The summed E-state index contributed by atoms with van der Waals surface area (Å²) in [6, 6.07) is 11.7. The number of nitrogens with zero attached hydrogens (tertiary/aromatic N) is 6. The summed E-state index contributed by atoms with van der Waals surface area (Å²) in [5.74, 6) is 1.73. The predicted molar refractivity (Wildman–Crippen MR) is 134 cm³/mol. The molecule has 0 saturated carbocycles. The van der Waals surface area contributed by atoms with E-state index >= 15 is 0 Å². The minimum absolute atomic E-state index is 0. The molecule has 1 aromatic carbocycles. The summed E-state index contributed by atoms with van der Waals surface area (Å²) in [6.07, 6.45) is 3.05. The van der Waals surface area contributed by atoms with E-state index in [9.17, 15) is 9.59 Å². The van der Waals surface area contributed by atoms with Gasteiger partial charge in [-0.25, -0.2) is 4.79 Å². The smallest absolute Gasteiger partial charge is 0.332 e. The summed E-state index contributed by atoms with van der Waals surface area (Å²) in [7, 11) is 1.65. The molecule has 1 N–H and O–H groups in total. The van der Waals surface area contributed by atoms with Crippen molar-refractivity contribution in [1.82, 2.24) is 29.2 Å². The van der Waals surface area contributed by atoms with Gasteiger partial charge in [0.25, 0.3) is 5.56 Å². The summed E-state index contributed by atoms with van der Waals surface area (Å²) >= 11 is 0. The minimum Gasteiger partial charge on any atom is -0.389 e. The van der Waals surface area contributed by atoms with E-state index in [0.29, 0.717) is 41.0 Å². The van der Waals surface area contributed by atoms with Crippen LogP contribution < -0.4 is 21.5 Å². The summed E-state index contributed by atoms with van der Waals surface area (Å²) in [4.78, 5) is 34.0. The second-order valence-electron chi connectivity index (χ2n) is 8.93. The highest BCUT2D eigenvalue weighted by molar-refractivity contribution is 5.85. The molecule has 10 nitrogen and oxygen atoms in total. The maximum Gasteiger partial charge on any atom is 0.332 e. The highest BCUT2D eigenvalue weighted by Gasteiger charge is 2.35. The lowest BCUT2D eigenvalue weighted by Gasteiger charge is -2.20. The molecule has 0 radical (unpaired) electrons. The summed E-state index contributed by atoms with van der Waals surface area (Å²) < 4.78 is 9.73. The molecule has 0 bridgehead atoms. The number of imidazole rings is 1. The van der Waals surface area contributed by atoms with E-state index in [2.05, 4.69) is 15.4 Å². The Morgan fingerprint density at radius 3 is 2.69 bits per heavy atom. The highest BCUT2D eigenvalue weighted by Crippen LogP contribution is 2.35. The number of nitrogens with one attached hydrogen (secondary N) is 1. The van der Waals surface area contributed by atoms with Gasteiger partial charge < -0.3 is 14.7 Å². The van der Waals surface area contributed by atoms with E-state index in [1.165, 1.54) is 14.8 Å². The first-order valence-electron chi connectivity index (χ1n) is 11.4. The van der Waals surface area contributed by atoms with Crippen molar-refractivity contribution in [2.75, 3.05) is 18.0 Å². The molecule has 1 unspecified atom stereocenters. The Balaban J connectivity index is 0.00000253. The normalized spacial score (nSPS) is 16.8. The number of aromatic nitrogens is 5. The Kier molecular flexibility index (Phi) is 5.76. The van der Waals surface area contributed by atoms with E-state index in [1.807, 2.05) is 41.1 Å². The van der Waals surface area contributed by atoms with Crippen molar-refractivity contribution in [3.05, 3.63) is 86.2 Å². The van der Waals surface area contributed by atoms with Crippen LogP contribution in [0.5, 0.6) is 0 Å². The quantitative estimate of drug-likeness (QED) is 0.451. The van der Waals surface area contributed by atoms with Gasteiger partial charge in [-0.1, -0.05) is 35.5 Å². The van der Waals surface area contributed by atoms with Gasteiger partial charge in [-0.3, -0.25) is 18.5 Å². The number of fused-ring (bicyclic) bond motifs is 2. The maximum atomic E-state index is 13.8. The Labute approximate surface area is 206 Å². The SMILES string of the molecule is Cc1cc(Cn2c(=O)c3c(nc(N4CCC5CNC=C54)n3Cc3ccccc3)n(C)c2=O)no1.Cl. The molecular weight excluding hydrogens is 470 g/mol. The van der Waals surface area contributed by atoms with Gasteiger partial charge in [-0.15, -0.1) is 12.4 Å². The third kappa shape index (κ3) is 3.74. The zero-order valence-corrected chi connectivity index (χ0v) is 20.3. The maximum absolute atomic E-state index is 13.8. The monoisotopic (exact) mass is 495 g/mol. The molecule has 6 rings (SSSR count). The molecule has 35 heavy (non-hydrogen) atoms. The van der Waals surface area contributed by atoms with Gasteiger partial charge in [-0.05, 0) is 18.9 Å². The summed E-state index contributed by atoms with van der Waals surface area (Å²) in [5.41, 5.74) is 2.70.